The number of nitrogens with zero attached hydrogens (tertiary/aromatic N) is 3. The van der Waals surface area contributed by atoms with Crippen molar-refractivity contribution in [2.45, 2.75) is 32.2 Å². The monoisotopic (exact) mass is 352 g/mol. The Morgan fingerprint density at radius 1 is 1.16 bits per heavy atom. The molecule has 4 amide bonds. The number of hydrogen-bond donors (Lipinski definition) is 1. The number of morpholine rings is 1. The van der Waals surface area contributed by atoms with Gasteiger partial charge in [0.1, 0.15) is 12.1 Å². The zero-order chi connectivity index (χ0) is 18.0. The van der Waals surface area contributed by atoms with Crippen LogP contribution in [-0.4, -0.2) is 90.6 Å². The molecule has 0 aromatic rings. The van der Waals surface area contributed by atoms with Crippen LogP contribution in [0.5, 0.6) is 0 Å². The van der Waals surface area contributed by atoms with Crippen molar-refractivity contribution in [3.63, 3.8) is 0 Å². The minimum absolute atomic E-state index is 0.178. The fourth-order valence-electron chi connectivity index (χ4n) is 3.84. The molecule has 3 aliphatic heterocycles. The first kappa shape index (κ1) is 18.1. The van der Waals surface area contributed by atoms with Crippen LogP contribution in [-0.2, 0) is 14.3 Å². The number of amides is 4. The lowest BCUT2D eigenvalue weighted by Gasteiger charge is -2.38. The molecule has 3 rings (SSSR count). The van der Waals surface area contributed by atoms with Gasteiger partial charge in [0.25, 0.3) is 5.91 Å². The largest absolute Gasteiger partial charge is 0.378 e. The van der Waals surface area contributed by atoms with Gasteiger partial charge in [-0.2, -0.15) is 0 Å². The highest BCUT2D eigenvalue weighted by Crippen LogP contribution is 2.29. The van der Waals surface area contributed by atoms with E-state index >= 15 is 0 Å². The van der Waals surface area contributed by atoms with E-state index in [4.69, 9.17) is 4.74 Å². The number of carbonyl (C=O) groups is 3. The average molecular weight is 352 g/mol. The topological polar surface area (TPSA) is 82.2 Å². The van der Waals surface area contributed by atoms with Crippen molar-refractivity contribution in [1.82, 2.24) is 20.0 Å². The van der Waals surface area contributed by atoms with Gasteiger partial charge in [0.2, 0.25) is 5.91 Å². The molecule has 0 bridgehead atoms. The van der Waals surface area contributed by atoms with Gasteiger partial charge in [-0.25, -0.2) is 4.79 Å². The number of likely N-dealkylation sites (tertiary alicyclic amines) is 1. The lowest BCUT2D eigenvalue weighted by Crippen LogP contribution is -2.55. The number of urea groups is 1. The third-order valence-electron chi connectivity index (χ3n) is 5.24. The van der Waals surface area contributed by atoms with E-state index in [1.807, 2.05) is 0 Å². The van der Waals surface area contributed by atoms with E-state index in [0.717, 1.165) is 24.5 Å². The third-order valence-corrected chi connectivity index (χ3v) is 5.24. The molecule has 0 aromatic heterocycles. The molecule has 8 nitrogen and oxygen atoms in total. The summed E-state index contributed by atoms with van der Waals surface area (Å²) in [5.41, 5.74) is -0.824. The second-order valence-electron chi connectivity index (χ2n) is 7.59. The number of imide groups is 1. The minimum atomic E-state index is -0.824. The molecule has 1 spiro atoms. The molecule has 25 heavy (non-hydrogen) atoms. The maximum absolute atomic E-state index is 12.9. The molecule has 0 saturated carbocycles. The molecule has 1 N–H and O–H groups in total. The van der Waals surface area contributed by atoms with E-state index in [2.05, 4.69) is 24.1 Å². The second kappa shape index (κ2) is 7.29. The first-order valence-electron chi connectivity index (χ1n) is 9.13. The van der Waals surface area contributed by atoms with Crippen molar-refractivity contribution in [3.8, 4) is 0 Å². The molecule has 0 atom stereocenters. The van der Waals surface area contributed by atoms with Gasteiger partial charge in [0.05, 0.1) is 13.2 Å². The van der Waals surface area contributed by atoms with Gasteiger partial charge < -0.3 is 19.9 Å². The smallest absolute Gasteiger partial charge is 0.325 e. The van der Waals surface area contributed by atoms with Crippen molar-refractivity contribution in [2.24, 2.45) is 5.92 Å². The van der Waals surface area contributed by atoms with Crippen molar-refractivity contribution >= 4 is 17.8 Å². The summed E-state index contributed by atoms with van der Waals surface area (Å²) in [6, 6.07) is -0.441. The van der Waals surface area contributed by atoms with E-state index in [9.17, 15) is 14.4 Å². The molecule has 3 fully saturated rings. The van der Waals surface area contributed by atoms with Gasteiger partial charge in [-0.15, -0.1) is 0 Å². The molecule has 0 unspecified atom stereocenters. The molecule has 0 radical (unpaired) electrons. The Labute approximate surface area is 148 Å². The van der Waals surface area contributed by atoms with Crippen LogP contribution in [0.4, 0.5) is 4.79 Å². The zero-order valence-corrected chi connectivity index (χ0v) is 15.1. The third kappa shape index (κ3) is 3.79. The highest BCUT2D eigenvalue weighted by molar-refractivity contribution is 6.09. The summed E-state index contributed by atoms with van der Waals surface area (Å²) in [4.78, 5) is 42.6. The van der Waals surface area contributed by atoms with Crippen molar-refractivity contribution < 1.29 is 19.1 Å². The fraction of sp³-hybridized carbons (Fsp3) is 0.824. The molecule has 3 aliphatic rings. The maximum atomic E-state index is 12.9. The second-order valence-corrected chi connectivity index (χ2v) is 7.59. The van der Waals surface area contributed by atoms with Gasteiger partial charge >= 0.3 is 6.03 Å². The Balaban J connectivity index is 1.59. The number of rotatable bonds is 4. The SMILES string of the molecule is CC(C)CN1CCC2(CC1)NC(=O)N(CC(=O)N1CCOCC1)C2=O. The predicted octanol–water partition coefficient (Wildman–Crippen LogP) is -0.112. The van der Waals surface area contributed by atoms with Gasteiger partial charge in [0, 0.05) is 32.7 Å². The first-order chi connectivity index (χ1) is 11.9. The highest BCUT2D eigenvalue weighted by Gasteiger charge is 2.52. The van der Waals surface area contributed by atoms with E-state index in [0.29, 0.717) is 45.1 Å². The van der Waals surface area contributed by atoms with E-state index in [1.54, 1.807) is 4.90 Å². The van der Waals surface area contributed by atoms with Crippen LogP contribution >= 0.6 is 0 Å². The molecule has 8 heteroatoms. The zero-order valence-electron chi connectivity index (χ0n) is 15.1. The maximum Gasteiger partial charge on any atom is 0.325 e. The Kier molecular flexibility index (Phi) is 5.29. The number of ether oxygens (including phenoxy) is 1. The van der Waals surface area contributed by atoms with E-state index in [-0.39, 0.29) is 18.4 Å². The molecule has 140 valence electrons. The van der Waals surface area contributed by atoms with Crippen LogP contribution in [0, 0.1) is 5.92 Å². The van der Waals surface area contributed by atoms with Crippen LogP contribution < -0.4 is 5.32 Å². The standard InChI is InChI=1S/C17H28N4O4/c1-13(2)11-19-5-3-17(4-6-19)15(23)21(16(24)18-17)12-14(22)20-7-9-25-10-8-20/h13H,3-12H2,1-2H3,(H,18,24). The van der Waals surface area contributed by atoms with Crippen LogP contribution in [0.1, 0.15) is 26.7 Å². The highest BCUT2D eigenvalue weighted by atomic mass is 16.5. The van der Waals surface area contributed by atoms with Crippen LogP contribution in [0.3, 0.4) is 0 Å². The fourth-order valence-corrected chi connectivity index (χ4v) is 3.84. The van der Waals surface area contributed by atoms with Crippen LogP contribution in [0.2, 0.25) is 0 Å². The molecule has 3 saturated heterocycles. The summed E-state index contributed by atoms with van der Waals surface area (Å²) in [6.07, 6.45) is 1.21. The molecule has 0 aromatic carbocycles. The predicted molar refractivity (Wildman–Crippen MR) is 90.9 cm³/mol. The van der Waals surface area contributed by atoms with Gasteiger partial charge in [0.15, 0.2) is 0 Å². The van der Waals surface area contributed by atoms with Gasteiger partial charge in [-0.05, 0) is 18.8 Å². The van der Waals surface area contributed by atoms with Crippen molar-refractivity contribution in [1.29, 1.82) is 0 Å². The molecule has 3 heterocycles. The van der Waals surface area contributed by atoms with Gasteiger partial charge in [-0.1, -0.05) is 13.8 Å². The number of carbonyl (C=O) groups excluding carboxylic acids is 3. The Bertz CT molecular complexity index is 537. The Hall–Kier alpha value is -1.67. The summed E-state index contributed by atoms with van der Waals surface area (Å²) in [6.45, 7) is 8.76. The molecular weight excluding hydrogens is 324 g/mol. The average Bonchev–Trinajstić information content (AvgIpc) is 2.82. The van der Waals surface area contributed by atoms with Crippen molar-refractivity contribution in [3.05, 3.63) is 0 Å². The van der Waals surface area contributed by atoms with E-state index in [1.165, 1.54) is 0 Å². The van der Waals surface area contributed by atoms with Gasteiger partial charge in [-0.3, -0.25) is 14.5 Å². The number of piperidine rings is 1. The summed E-state index contributed by atoms with van der Waals surface area (Å²) in [5.74, 6) is 0.134. The summed E-state index contributed by atoms with van der Waals surface area (Å²) in [7, 11) is 0. The summed E-state index contributed by atoms with van der Waals surface area (Å²) >= 11 is 0. The van der Waals surface area contributed by atoms with Crippen molar-refractivity contribution in [2.75, 3.05) is 52.5 Å². The summed E-state index contributed by atoms with van der Waals surface area (Å²) < 4.78 is 5.23. The normalized spacial score (nSPS) is 24.3. The number of nitrogens with one attached hydrogen (secondary N) is 1. The quantitative estimate of drug-likeness (QED) is 0.714. The minimum Gasteiger partial charge on any atom is -0.378 e. The Morgan fingerprint density at radius 3 is 2.40 bits per heavy atom. The molecule has 0 aliphatic carbocycles. The van der Waals surface area contributed by atoms with E-state index < -0.39 is 11.6 Å². The number of hydrogen-bond acceptors (Lipinski definition) is 5. The Morgan fingerprint density at radius 2 is 1.80 bits per heavy atom. The molecular formula is C17H28N4O4. The van der Waals surface area contributed by atoms with Crippen LogP contribution in [0.25, 0.3) is 0 Å². The lowest BCUT2D eigenvalue weighted by atomic mass is 9.87. The van der Waals surface area contributed by atoms with Crippen LogP contribution in [0.15, 0.2) is 0 Å². The summed E-state index contributed by atoms with van der Waals surface area (Å²) in [5, 5.41) is 2.87. The first-order valence-corrected chi connectivity index (χ1v) is 9.13. The lowest BCUT2D eigenvalue weighted by molar-refractivity contribution is -0.142.